The Morgan fingerprint density at radius 2 is 1.70 bits per heavy atom. The number of carbonyl (C=O) groups is 2. The number of nitrogens with zero attached hydrogens (tertiary/aromatic N) is 3. The molecule has 3 aromatic carbocycles. The van der Waals surface area contributed by atoms with Gasteiger partial charge in [-0.05, 0) is 87.5 Å². The number of ether oxygens (including phenoxy) is 2. The van der Waals surface area contributed by atoms with Crippen LogP contribution in [-0.4, -0.2) is 27.6 Å². The number of hydrazone groups is 1. The molecule has 222 valence electrons. The highest BCUT2D eigenvalue weighted by Gasteiger charge is 2.16. The third kappa shape index (κ3) is 6.90. The van der Waals surface area contributed by atoms with E-state index in [1.165, 1.54) is 24.3 Å². The Hall–Kier alpha value is -5.97. The summed E-state index contributed by atoms with van der Waals surface area (Å²) in [5.74, 6) is -0.223. The van der Waals surface area contributed by atoms with Gasteiger partial charge in [0.25, 0.3) is 5.69 Å². The molecular formula is C33H28N4O7. The molecule has 2 heterocycles. The molecule has 0 aliphatic rings. The number of benzene rings is 3. The minimum Gasteiger partial charge on any atom is -0.486 e. The molecule has 0 saturated carbocycles. The topological polar surface area (TPSA) is 138 Å². The zero-order valence-corrected chi connectivity index (χ0v) is 24.1. The molecule has 1 N–H and O–H groups in total. The number of rotatable bonds is 10. The van der Waals surface area contributed by atoms with Gasteiger partial charge in [-0.2, -0.15) is 5.10 Å². The largest absolute Gasteiger partial charge is 0.486 e. The van der Waals surface area contributed by atoms with E-state index >= 15 is 0 Å². The van der Waals surface area contributed by atoms with Crippen molar-refractivity contribution in [2.75, 3.05) is 0 Å². The molecule has 5 rings (SSSR count). The van der Waals surface area contributed by atoms with Crippen LogP contribution < -0.4 is 14.9 Å². The monoisotopic (exact) mass is 592 g/mol. The minimum atomic E-state index is -0.655. The van der Waals surface area contributed by atoms with Gasteiger partial charge in [0.05, 0.1) is 16.7 Å². The highest BCUT2D eigenvalue weighted by atomic mass is 16.6. The molecule has 11 nitrogen and oxygen atoms in total. The molecule has 0 spiro atoms. The second kappa shape index (κ2) is 12.9. The zero-order valence-electron chi connectivity index (χ0n) is 24.1. The van der Waals surface area contributed by atoms with Gasteiger partial charge >= 0.3 is 11.9 Å². The van der Waals surface area contributed by atoms with Crippen LogP contribution in [0.4, 0.5) is 5.69 Å². The quantitative estimate of drug-likeness (QED) is 0.0645. The highest BCUT2D eigenvalue weighted by molar-refractivity contribution is 5.95. The Bertz CT molecular complexity index is 1850. The smallest absolute Gasteiger partial charge is 0.343 e. The molecule has 5 aromatic rings. The fourth-order valence-electron chi connectivity index (χ4n) is 4.49. The van der Waals surface area contributed by atoms with Crippen molar-refractivity contribution in [1.29, 1.82) is 0 Å². The third-order valence-electron chi connectivity index (χ3n) is 6.66. The third-order valence-corrected chi connectivity index (χ3v) is 6.66. The Morgan fingerprint density at radius 3 is 2.41 bits per heavy atom. The van der Waals surface area contributed by atoms with Gasteiger partial charge in [-0.3, -0.25) is 14.9 Å². The minimum absolute atomic E-state index is 0.0141. The van der Waals surface area contributed by atoms with Crippen molar-refractivity contribution < 1.29 is 28.4 Å². The van der Waals surface area contributed by atoms with Gasteiger partial charge in [0.15, 0.2) is 5.76 Å². The standard InChI is InChI=1S/C33H28N4O7/c1-21-5-4-6-24(17-21)33(39)44-30-15-11-27(37(40)41)18-25(30)19-34-35-32(38)31-16-14-29(43-31)20-42-28-12-9-26(10-13-28)36-22(2)7-8-23(36)3/h4-19H,20H2,1-3H3,(H,35,38)/b34-19+. The number of amides is 1. The Kier molecular flexibility index (Phi) is 8.66. The summed E-state index contributed by atoms with van der Waals surface area (Å²) >= 11 is 0. The van der Waals surface area contributed by atoms with Gasteiger partial charge in [0.1, 0.15) is 23.9 Å². The maximum absolute atomic E-state index is 12.6. The van der Waals surface area contributed by atoms with E-state index in [9.17, 15) is 19.7 Å². The lowest BCUT2D eigenvalue weighted by Gasteiger charge is -2.10. The van der Waals surface area contributed by atoms with Gasteiger partial charge in [0.2, 0.25) is 0 Å². The first kappa shape index (κ1) is 29.5. The lowest BCUT2D eigenvalue weighted by molar-refractivity contribution is -0.384. The van der Waals surface area contributed by atoms with Gasteiger partial charge in [0, 0.05) is 34.8 Å². The summed E-state index contributed by atoms with van der Waals surface area (Å²) in [6.07, 6.45) is 1.15. The van der Waals surface area contributed by atoms with Crippen LogP contribution in [-0.2, 0) is 6.61 Å². The Balaban J connectivity index is 1.21. The first-order chi connectivity index (χ1) is 21.2. The van der Waals surface area contributed by atoms with Crippen molar-refractivity contribution in [3.63, 3.8) is 0 Å². The molecule has 44 heavy (non-hydrogen) atoms. The van der Waals surface area contributed by atoms with Crippen molar-refractivity contribution in [3.05, 3.63) is 141 Å². The van der Waals surface area contributed by atoms with Crippen LogP contribution in [0.3, 0.4) is 0 Å². The maximum Gasteiger partial charge on any atom is 0.343 e. The number of furan rings is 1. The van der Waals surface area contributed by atoms with Crippen molar-refractivity contribution in [1.82, 2.24) is 9.99 Å². The van der Waals surface area contributed by atoms with E-state index in [1.54, 1.807) is 24.3 Å². The molecule has 2 aromatic heterocycles. The molecule has 0 fully saturated rings. The summed E-state index contributed by atoms with van der Waals surface area (Å²) in [5, 5.41) is 15.2. The van der Waals surface area contributed by atoms with Gasteiger partial charge < -0.3 is 18.5 Å². The summed E-state index contributed by atoms with van der Waals surface area (Å²) < 4.78 is 19.0. The number of nitrogens with one attached hydrogen (secondary N) is 1. The molecular weight excluding hydrogens is 564 g/mol. The molecule has 0 aliphatic carbocycles. The van der Waals surface area contributed by atoms with Crippen LogP contribution in [0, 0.1) is 30.9 Å². The SMILES string of the molecule is Cc1cccc(C(=O)Oc2ccc([N+](=O)[O-])cc2/C=N/NC(=O)c2ccc(COc3ccc(-n4c(C)ccc4C)cc3)o2)c1. The van der Waals surface area contributed by atoms with Crippen LogP contribution >= 0.6 is 0 Å². The van der Waals surface area contributed by atoms with Crippen molar-refractivity contribution >= 4 is 23.8 Å². The Labute approximate surface area is 252 Å². The van der Waals surface area contributed by atoms with Crippen LogP contribution in [0.15, 0.2) is 101 Å². The van der Waals surface area contributed by atoms with E-state index in [-0.39, 0.29) is 29.4 Å². The van der Waals surface area contributed by atoms with Crippen LogP contribution in [0.2, 0.25) is 0 Å². The predicted molar refractivity (Wildman–Crippen MR) is 163 cm³/mol. The van der Waals surface area contributed by atoms with Gasteiger partial charge in [-0.25, -0.2) is 10.2 Å². The normalized spacial score (nSPS) is 11.0. The first-order valence-corrected chi connectivity index (χ1v) is 13.6. The number of nitro benzene ring substituents is 1. The molecule has 11 heteroatoms. The van der Waals surface area contributed by atoms with Crippen LogP contribution in [0.5, 0.6) is 11.5 Å². The van der Waals surface area contributed by atoms with Crippen LogP contribution in [0.1, 0.15) is 49.2 Å². The fourth-order valence-corrected chi connectivity index (χ4v) is 4.49. The summed E-state index contributed by atoms with van der Waals surface area (Å²) in [7, 11) is 0. The lowest BCUT2D eigenvalue weighted by atomic mass is 10.1. The first-order valence-electron chi connectivity index (χ1n) is 13.6. The lowest BCUT2D eigenvalue weighted by Crippen LogP contribution is -2.17. The fraction of sp³-hybridized carbons (Fsp3) is 0.121. The summed E-state index contributed by atoms with van der Waals surface area (Å²) in [6.45, 7) is 6.02. The predicted octanol–water partition coefficient (Wildman–Crippen LogP) is 6.47. The van der Waals surface area contributed by atoms with E-state index in [4.69, 9.17) is 13.9 Å². The molecule has 0 unspecified atom stereocenters. The van der Waals surface area contributed by atoms with Gasteiger partial charge in [-0.15, -0.1) is 0 Å². The highest BCUT2D eigenvalue weighted by Crippen LogP contribution is 2.24. The van der Waals surface area contributed by atoms with Crippen LogP contribution in [0.25, 0.3) is 5.69 Å². The molecule has 1 amide bonds. The number of hydrogen-bond donors (Lipinski definition) is 1. The summed E-state index contributed by atoms with van der Waals surface area (Å²) in [6, 6.07) is 25.4. The number of carbonyl (C=O) groups excluding carboxylic acids is 2. The van der Waals surface area contributed by atoms with E-state index in [0.717, 1.165) is 28.9 Å². The van der Waals surface area contributed by atoms with Crippen molar-refractivity contribution in [2.24, 2.45) is 5.10 Å². The van der Waals surface area contributed by atoms with E-state index in [2.05, 4.69) is 27.2 Å². The second-order valence-electron chi connectivity index (χ2n) is 9.94. The molecule has 0 aliphatic heterocycles. The molecule has 0 atom stereocenters. The number of aromatic nitrogens is 1. The average Bonchev–Trinajstić information content (AvgIpc) is 3.63. The molecule has 0 saturated heterocycles. The van der Waals surface area contributed by atoms with E-state index in [0.29, 0.717) is 17.1 Å². The van der Waals surface area contributed by atoms with E-state index < -0.39 is 16.8 Å². The molecule has 0 radical (unpaired) electrons. The Morgan fingerprint density at radius 1 is 0.955 bits per heavy atom. The number of nitro groups is 1. The van der Waals surface area contributed by atoms with Crippen molar-refractivity contribution in [2.45, 2.75) is 27.4 Å². The average molecular weight is 593 g/mol. The molecule has 0 bridgehead atoms. The number of hydrogen-bond acceptors (Lipinski definition) is 8. The van der Waals surface area contributed by atoms with Crippen molar-refractivity contribution in [3.8, 4) is 17.2 Å². The maximum atomic E-state index is 12.6. The van der Waals surface area contributed by atoms with E-state index in [1.807, 2.05) is 51.1 Å². The number of esters is 1. The summed E-state index contributed by atoms with van der Waals surface area (Å²) in [5.41, 5.74) is 6.66. The van der Waals surface area contributed by atoms with Gasteiger partial charge in [-0.1, -0.05) is 17.7 Å². The zero-order chi connectivity index (χ0) is 31.2. The second-order valence-corrected chi connectivity index (χ2v) is 9.94. The summed E-state index contributed by atoms with van der Waals surface area (Å²) in [4.78, 5) is 36.0. The number of non-ortho nitro benzene ring substituents is 1. The number of aryl methyl sites for hydroxylation is 3.